The second kappa shape index (κ2) is 12.9. The summed E-state index contributed by atoms with van der Waals surface area (Å²) in [6, 6.07) is 47.9. The molecular formula is C34H33NO2P2S. The molecule has 0 amide bonds. The second-order valence-electron chi connectivity index (χ2n) is 9.52. The summed E-state index contributed by atoms with van der Waals surface area (Å²) in [6.45, 7) is -0.830. The number of aryl methyl sites for hydroxylation is 1. The van der Waals surface area contributed by atoms with E-state index in [0.717, 1.165) is 40.5 Å². The number of unbranched alkanes of at least 4 members (excludes halogenated alkanes) is 1. The molecule has 5 aromatic rings. The van der Waals surface area contributed by atoms with Gasteiger partial charge in [0.2, 0.25) is 0 Å². The molecule has 0 heterocycles. The summed E-state index contributed by atoms with van der Waals surface area (Å²) in [4.78, 5) is 0.220. The number of nitrogens with zero attached hydrogens (tertiary/aromatic N) is 1. The van der Waals surface area contributed by atoms with Gasteiger partial charge >= 0.3 is 0 Å². The van der Waals surface area contributed by atoms with E-state index in [1.807, 2.05) is 66.7 Å². The number of hydrogen-bond acceptors (Lipinski definition) is 2. The van der Waals surface area contributed by atoms with E-state index < -0.39 is 24.4 Å². The van der Waals surface area contributed by atoms with E-state index >= 15 is 0 Å². The van der Waals surface area contributed by atoms with Crippen LogP contribution in [0.4, 0.5) is 0 Å². The maximum absolute atomic E-state index is 14.4. The Balaban J connectivity index is 2.00. The fourth-order valence-electron chi connectivity index (χ4n) is 4.94. The molecule has 1 unspecified atom stereocenters. The van der Waals surface area contributed by atoms with Crippen molar-refractivity contribution in [1.29, 1.82) is 0 Å². The summed E-state index contributed by atoms with van der Waals surface area (Å²) in [5.41, 5.74) is 1.17. The maximum atomic E-state index is 14.4. The van der Waals surface area contributed by atoms with E-state index in [1.54, 1.807) is 24.3 Å². The van der Waals surface area contributed by atoms with E-state index in [4.69, 9.17) is 4.15 Å². The van der Waals surface area contributed by atoms with Crippen molar-refractivity contribution < 1.29 is 8.42 Å². The average Bonchev–Trinajstić information content (AvgIpc) is 3.01. The van der Waals surface area contributed by atoms with Crippen LogP contribution in [0.25, 0.3) is 0 Å². The fourth-order valence-corrected chi connectivity index (χ4v) is 18.8. The first-order chi connectivity index (χ1) is 19.6. The van der Waals surface area contributed by atoms with E-state index in [2.05, 4.69) is 61.5 Å². The predicted octanol–water partition coefficient (Wildman–Crippen LogP) is 7.62. The summed E-state index contributed by atoms with van der Waals surface area (Å²) in [6.07, 6.45) is 2.94. The first-order valence-corrected chi connectivity index (χ1v) is 18.8. The van der Waals surface area contributed by atoms with Gasteiger partial charge in [0.15, 0.2) is 0 Å². The van der Waals surface area contributed by atoms with E-state index in [1.165, 1.54) is 5.56 Å². The lowest BCUT2D eigenvalue weighted by molar-refractivity contribution is 0.598. The van der Waals surface area contributed by atoms with Crippen molar-refractivity contribution in [2.75, 3.05) is 0 Å². The summed E-state index contributed by atoms with van der Waals surface area (Å²) in [7, 11) is -5.29. The molecule has 0 radical (unpaired) electrons. The van der Waals surface area contributed by atoms with Gasteiger partial charge in [-0.2, -0.15) is 12.6 Å². The van der Waals surface area contributed by atoms with Crippen molar-refractivity contribution in [3.05, 3.63) is 151 Å². The van der Waals surface area contributed by atoms with Crippen LogP contribution in [0.3, 0.4) is 0 Å². The van der Waals surface area contributed by atoms with Crippen LogP contribution in [0.1, 0.15) is 25.3 Å². The molecule has 0 bridgehead atoms. The third kappa shape index (κ3) is 5.91. The number of rotatable bonds is 10. The predicted molar refractivity (Wildman–Crippen MR) is 173 cm³/mol. The Kier molecular flexibility index (Phi) is 9.12. The minimum Gasteiger partial charge on any atom is -0.199 e. The maximum Gasteiger partial charge on any atom is 0.281 e. The largest absolute Gasteiger partial charge is 0.281 e. The quantitative estimate of drug-likeness (QED) is 0.159. The monoisotopic (exact) mass is 581 g/mol. The highest BCUT2D eigenvalue weighted by Gasteiger charge is 2.40. The minimum absolute atomic E-state index is 0.220. The van der Waals surface area contributed by atoms with Gasteiger partial charge in [0.1, 0.15) is 0 Å². The number of sulfonamides is 1. The molecule has 0 saturated heterocycles. The van der Waals surface area contributed by atoms with Crippen LogP contribution in [-0.4, -0.2) is 8.42 Å². The summed E-state index contributed by atoms with van der Waals surface area (Å²) >= 11 is 0. The van der Waals surface area contributed by atoms with Crippen molar-refractivity contribution in [3.63, 3.8) is 0 Å². The molecule has 0 fully saturated rings. The van der Waals surface area contributed by atoms with E-state index in [-0.39, 0.29) is 4.90 Å². The molecule has 1 atom stereocenters. The summed E-state index contributed by atoms with van der Waals surface area (Å²) in [5.74, 6) is 0. The van der Waals surface area contributed by atoms with Crippen molar-refractivity contribution in [2.45, 2.75) is 31.1 Å². The molecule has 0 aromatic heterocycles. The van der Waals surface area contributed by atoms with Crippen LogP contribution >= 0.6 is 14.4 Å². The van der Waals surface area contributed by atoms with Crippen molar-refractivity contribution in [2.24, 2.45) is 4.15 Å². The Morgan fingerprint density at radius 1 is 0.625 bits per heavy atom. The van der Waals surface area contributed by atoms with Crippen LogP contribution in [0, 0.1) is 0 Å². The normalized spacial score (nSPS) is 13.1. The van der Waals surface area contributed by atoms with Crippen molar-refractivity contribution in [1.82, 2.24) is 0 Å². The molecule has 202 valence electrons. The molecule has 3 nitrogen and oxygen atoms in total. The lowest BCUT2D eigenvalue weighted by atomic mass is 10.1. The molecule has 5 rings (SSSR count). The fraction of sp³-hybridized carbons (Fsp3) is 0.118. The zero-order chi connectivity index (χ0) is 27.8. The highest BCUT2D eigenvalue weighted by atomic mass is 32.2. The lowest BCUT2D eigenvalue weighted by Gasteiger charge is -2.36. The van der Waals surface area contributed by atoms with Gasteiger partial charge in [-0.15, -0.1) is 0 Å². The van der Waals surface area contributed by atoms with Gasteiger partial charge in [0, 0.05) is 18.2 Å². The van der Waals surface area contributed by atoms with Gasteiger partial charge in [0.25, 0.3) is 10.0 Å². The zero-order valence-electron chi connectivity index (χ0n) is 22.5. The topological polar surface area (TPSA) is 46.5 Å². The third-order valence-corrected chi connectivity index (χ3v) is 18.9. The Bertz CT molecular complexity index is 1650. The zero-order valence-corrected chi connectivity index (χ0v) is 25.1. The average molecular weight is 582 g/mol. The molecule has 0 N–H and O–H groups in total. The van der Waals surface area contributed by atoms with Crippen LogP contribution < -0.4 is 21.2 Å². The van der Waals surface area contributed by atoms with Gasteiger partial charge in [-0.25, -0.2) is 0 Å². The van der Waals surface area contributed by atoms with Crippen LogP contribution in [0.2, 0.25) is 0 Å². The van der Waals surface area contributed by atoms with Gasteiger partial charge < -0.3 is 0 Å². The highest BCUT2D eigenvalue weighted by Crippen LogP contribution is 2.75. The van der Waals surface area contributed by atoms with Crippen LogP contribution in [0.15, 0.2) is 155 Å². The smallest absolute Gasteiger partial charge is 0.199 e. The van der Waals surface area contributed by atoms with Gasteiger partial charge in [-0.05, 0) is 41.1 Å². The third-order valence-electron chi connectivity index (χ3n) is 6.80. The molecule has 0 aliphatic heterocycles. The van der Waals surface area contributed by atoms with Crippen molar-refractivity contribution >= 4 is 45.6 Å². The standard InChI is InChI=1S/C34H33NO2P2S/c1-2-3-18-29-19-16-17-28-34(29)39(32-24-12-6-13-25-32,35-40(36,37)33-26-14-7-15-27-33)38(30-20-8-4-9-21-30)31-22-10-5-11-23-31/h4-17,19-28H,2-3,18H2,1H3. The Morgan fingerprint density at radius 2 is 1.10 bits per heavy atom. The molecule has 0 spiro atoms. The molecule has 5 aromatic carbocycles. The number of benzene rings is 5. The molecule has 0 aliphatic carbocycles. The highest BCUT2D eigenvalue weighted by molar-refractivity contribution is 8.46. The summed E-state index contributed by atoms with van der Waals surface area (Å²) < 4.78 is 33.9. The van der Waals surface area contributed by atoms with Crippen molar-refractivity contribution in [3.8, 4) is 0 Å². The Hall–Kier alpha value is -3.29. The van der Waals surface area contributed by atoms with E-state index in [0.29, 0.717) is 0 Å². The lowest BCUT2D eigenvalue weighted by Crippen LogP contribution is -2.26. The molecular weight excluding hydrogens is 548 g/mol. The van der Waals surface area contributed by atoms with Gasteiger partial charge in [0.05, 0.1) is 11.6 Å². The summed E-state index contributed by atoms with van der Waals surface area (Å²) in [5, 5.41) is 4.24. The van der Waals surface area contributed by atoms with Crippen LogP contribution in [0.5, 0.6) is 0 Å². The SMILES string of the molecule is CCCCc1ccccc1P(=NS(=O)(=O)c1ccccc1)(c1ccccc1)P(c1ccccc1)c1ccccc1. The first-order valence-electron chi connectivity index (χ1n) is 13.5. The van der Waals surface area contributed by atoms with Gasteiger partial charge in [-0.1, -0.05) is 147 Å². The van der Waals surface area contributed by atoms with E-state index in [9.17, 15) is 8.42 Å². The van der Waals surface area contributed by atoms with Gasteiger partial charge in [-0.3, -0.25) is 0 Å². The Labute approximate surface area is 239 Å². The van der Waals surface area contributed by atoms with Crippen LogP contribution in [-0.2, 0) is 16.4 Å². The minimum atomic E-state index is -4.02. The molecule has 6 heteroatoms. The molecule has 0 saturated carbocycles. The molecule has 40 heavy (non-hydrogen) atoms. The Morgan fingerprint density at radius 3 is 1.65 bits per heavy atom. The number of hydrogen-bond donors (Lipinski definition) is 0. The molecule has 0 aliphatic rings. The first kappa shape index (κ1) is 28.2. The second-order valence-corrected chi connectivity index (χ2v) is 18.4.